The number of nitrogens with one attached hydrogen (secondary N) is 1. The smallest absolute Gasteiger partial charge is 0.339 e. The molecule has 0 spiro atoms. The van der Waals surface area contributed by atoms with E-state index in [0.29, 0.717) is 11.6 Å². The van der Waals surface area contributed by atoms with Gasteiger partial charge in [-0.1, -0.05) is 55.7 Å². The van der Waals surface area contributed by atoms with Crippen LogP contribution in [0.15, 0.2) is 71.8 Å². The SMILES string of the molecule is O=C(O)c1ccc(N(Cc2ccc(C3CCCCC3)cn2)C(=O)CNS(=O)c2c(F)c(F)c(F)c(F)c2F)cc1OCc1ccccc1. The molecule has 0 saturated heterocycles. The highest BCUT2D eigenvalue weighted by molar-refractivity contribution is 7.83. The van der Waals surface area contributed by atoms with Gasteiger partial charge in [-0.3, -0.25) is 9.78 Å². The van der Waals surface area contributed by atoms with E-state index < -0.39 is 63.4 Å². The number of hydrogen-bond donors (Lipinski definition) is 2. The lowest BCUT2D eigenvalue weighted by Crippen LogP contribution is -2.39. The van der Waals surface area contributed by atoms with E-state index in [2.05, 4.69) is 4.98 Å². The van der Waals surface area contributed by atoms with E-state index in [1.807, 2.05) is 10.8 Å². The fourth-order valence-corrected chi connectivity index (χ4v) is 6.35. The molecule has 1 amide bonds. The number of carbonyl (C=O) groups is 2. The molecule has 1 atom stereocenters. The van der Waals surface area contributed by atoms with Crippen LogP contribution in [0.25, 0.3) is 0 Å². The normalized spacial score (nSPS) is 14.0. The van der Waals surface area contributed by atoms with E-state index in [9.17, 15) is 40.9 Å². The largest absolute Gasteiger partial charge is 0.488 e. The van der Waals surface area contributed by atoms with E-state index >= 15 is 0 Å². The molecule has 1 saturated carbocycles. The third kappa shape index (κ3) is 7.88. The van der Waals surface area contributed by atoms with Crippen molar-refractivity contribution in [3.8, 4) is 5.75 Å². The Hall–Kier alpha value is -4.69. The monoisotopic (exact) mass is 687 g/mol. The molecule has 252 valence electrons. The molecule has 4 aromatic rings. The summed E-state index contributed by atoms with van der Waals surface area (Å²) in [7, 11) is -3.03. The average Bonchev–Trinajstić information content (AvgIpc) is 3.11. The molecule has 1 aliphatic rings. The first-order valence-electron chi connectivity index (χ1n) is 15.0. The van der Waals surface area contributed by atoms with Crippen molar-refractivity contribution in [3.63, 3.8) is 0 Å². The minimum Gasteiger partial charge on any atom is -0.488 e. The molecule has 0 aliphatic heterocycles. The van der Waals surface area contributed by atoms with E-state index in [1.54, 1.807) is 42.6 Å². The number of ether oxygens (including phenoxy) is 1. The average molecular weight is 688 g/mol. The van der Waals surface area contributed by atoms with Crippen LogP contribution < -0.4 is 14.4 Å². The van der Waals surface area contributed by atoms with Crippen molar-refractivity contribution >= 4 is 28.5 Å². The van der Waals surface area contributed by atoms with Crippen molar-refractivity contribution < 1.29 is 45.6 Å². The first-order valence-corrected chi connectivity index (χ1v) is 16.2. The van der Waals surface area contributed by atoms with Crippen LogP contribution in [0.4, 0.5) is 27.6 Å². The van der Waals surface area contributed by atoms with Gasteiger partial charge in [0, 0.05) is 18.0 Å². The molecule has 5 rings (SSSR count). The topological polar surface area (TPSA) is 109 Å². The van der Waals surface area contributed by atoms with Crippen LogP contribution >= 0.6 is 0 Å². The van der Waals surface area contributed by atoms with Gasteiger partial charge in [0.15, 0.2) is 23.3 Å². The lowest BCUT2D eigenvalue weighted by molar-refractivity contribution is -0.117. The zero-order chi connectivity index (χ0) is 34.4. The van der Waals surface area contributed by atoms with Gasteiger partial charge in [0.25, 0.3) is 0 Å². The Morgan fingerprint density at radius 1 is 0.896 bits per heavy atom. The van der Waals surface area contributed by atoms with Crippen LogP contribution in [0, 0.1) is 29.1 Å². The number of aromatic nitrogens is 1. The van der Waals surface area contributed by atoms with E-state index in [-0.39, 0.29) is 30.2 Å². The van der Waals surface area contributed by atoms with Gasteiger partial charge in [0.2, 0.25) is 11.7 Å². The molecule has 2 N–H and O–H groups in total. The number of anilines is 1. The van der Waals surface area contributed by atoms with Gasteiger partial charge < -0.3 is 14.7 Å². The van der Waals surface area contributed by atoms with Crippen LogP contribution in [0.1, 0.15) is 65.2 Å². The molecule has 1 aromatic heterocycles. The molecule has 8 nitrogen and oxygen atoms in total. The molecule has 0 radical (unpaired) electrons. The van der Waals surface area contributed by atoms with E-state index in [0.717, 1.165) is 41.7 Å². The molecular weight excluding hydrogens is 657 g/mol. The molecule has 14 heteroatoms. The first kappa shape index (κ1) is 34.6. The van der Waals surface area contributed by atoms with Crippen LogP contribution in [0.5, 0.6) is 5.75 Å². The molecule has 3 aromatic carbocycles. The number of nitrogens with zero attached hydrogens (tertiary/aromatic N) is 2. The molecular formula is C34H30F5N3O5S. The fraction of sp³-hybridized carbons (Fsp3) is 0.265. The number of carboxylic acid groups (broad SMARTS) is 1. The van der Waals surface area contributed by atoms with Gasteiger partial charge in [-0.05, 0) is 48.1 Å². The van der Waals surface area contributed by atoms with E-state index in [4.69, 9.17) is 4.74 Å². The predicted octanol–water partition coefficient (Wildman–Crippen LogP) is 6.95. The van der Waals surface area contributed by atoms with Crippen molar-refractivity contribution in [2.24, 2.45) is 0 Å². The second kappa shape index (κ2) is 15.5. The lowest BCUT2D eigenvalue weighted by atomic mass is 9.85. The third-order valence-electron chi connectivity index (χ3n) is 8.00. The Bertz CT molecular complexity index is 1790. The summed E-state index contributed by atoms with van der Waals surface area (Å²) in [5.74, 6) is -13.4. The Morgan fingerprint density at radius 2 is 1.56 bits per heavy atom. The number of carbonyl (C=O) groups excluding carboxylic acids is 1. The van der Waals surface area contributed by atoms with Crippen molar-refractivity contribution in [1.29, 1.82) is 0 Å². The Morgan fingerprint density at radius 3 is 2.19 bits per heavy atom. The Balaban J connectivity index is 1.43. The highest BCUT2D eigenvalue weighted by Gasteiger charge is 2.30. The van der Waals surface area contributed by atoms with Gasteiger partial charge in [0.1, 0.15) is 33.8 Å². The van der Waals surface area contributed by atoms with Crippen molar-refractivity contribution in [2.75, 3.05) is 11.4 Å². The molecule has 48 heavy (non-hydrogen) atoms. The number of halogens is 5. The molecule has 1 heterocycles. The van der Waals surface area contributed by atoms with Crippen LogP contribution in [0.2, 0.25) is 0 Å². The maximum Gasteiger partial charge on any atom is 0.339 e. The van der Waals surface area contributed by atoms with Crippen molar-refractivity contribution in [3.05, 3.63) is 118 Å². The Labute approximate surface area is 275 Å². The summed E-state index contributed by atoms with van der Waals surface area (Å²) in [5.41, 5.74) is 2.17. The van der Waals surface area contributed by atoms with Crippen LogP contribution in [-0.2, 0) is 28.9 Å². The highest BCUT2D eigenvalue weighted by Crippen LogP contribution is 2.33. The zero-order valence-corrected chi connectivity index (χ0v) is 26.2. The van der Waals surface area contributed by atoms with Gasteiger partial charge >= 0.3 is 5.97 Å². The quantitative estimate of drug-likeness (QED) is 0.0949. The summed E-state index contributed by atoms with van der Waals surface area (Å²) < 4.78 is 90.1. The summed E-state index contributed by atoms with van der Waals surface area (Å²) in [6.07, 6.45) is 7.23. The summed E-state index contributed by atoms with van der Waals surface area (Å²) >= 11 is 0. The Kier molecular flexibility index (Phi) is 11.2. The third-order valence-corrected chi connectivity index (χ3v) is 9.13. The first-order chi connectivity index (χ1) is 23.0. The lowest BCUT2D eigenvalue weighted by Gasteiger charge is -2.25. The standard InChI is InChI=1S/C34H30F5N3O5S/c35-28-29(36)31(38)33(32(39)30(28)37)48(46)41-17-27(43)42(18-23-12-11-22(16-40-23)21-9-5-2-6-10-21)24-13-14-25(34(44)45)26(15-24)47-19-20-7-3-1-4-8-20/h1,3-4,7-8,11-16,21,41H,2,5-6,9-10,17-19H2,(H,44,45). The van der Waals surface area contributed by atoms with Gasteiger partial charge in [-0.25, -0.2) is 35.7 Å². The summed E-state index contributed by atoms with van der Waals surface area (Å²) in [6, 6.07) is 16.5. The molecule has 1 aliphatic carbocycles. The number of benzene rings is 3. The predicted molar refractivity (Wildman–Crippen MR) is 166 cm³/mol. The summed E-state index contributed by atoms with van der Waals surface area (Å²) in [4.78, 5) is 29.6. The number of pyridine rings is 1. The molecule has 0 bridgehead atoms. The fourth-order valence-electron chi connectivity index (χ4n) is 5.45. The highest BCUT2D eigenvalue weighted by atomic mass is 32.2. The van der Waals surface area contributed by atoms with Crippen LogP contribution in [-0.4, -0.2) is 32.7 Å². The number of hydrogen-bond acceptors (Lipinski definition) is 5. The van der Waals surface area contributed by atoms with Gasteiger partial charge in [-0.15, -0.1) is 0 Å². The second-order valence-corrected chi connectivity index (χ2v) is 12.4. The molecule has 1 fully saturated rings. The minimum absolute atomic E-state index is 0.00512. The summed E-state index contributed by atoms with van der Waals surface area (Å²) in [5, 5.41) is 9.77. The maximum atomic E-state index is 14.3. The molecule has 1 unspecified atom stereocenters. The van der Waals surface area contributed by atoms with Gasteiger partial charge in [0.05, 0.1) is 18.8 Å². The summed E-state index contributed by atoms with van der Waals surface area (Å²) in [6.45, 7) is -1.05. The van der Waals surface area contributed by atoms with Crippen molar-refractivity contribution in [2.45, 2.75) is 56.1 Å². The van der Waals surface area contributed by atoms with Gasteiger partial charge in [-0.2, -0.15) is 0 Å². The number of rotatable bonds is 12. The van der Waals surface area contributed by atoms with Crippen molar-refractivity contribution in [1.82, 2.24) is 9.71 Å². The number of carboxylic acids is 1. The number of amides is 1. The number of aromatic carboxylic acids is 1. The maximum absolute atomic E-state index is 14.3. The minimum atomic E-state index is -3.03. The van der Waals surface area contributed by atoms with Crippen LogP contribution in [0.3, 0.4) is 0 Å². The zero-order valence-electron chi connectivity index (χ0n) is 25.4. The van der Waals surface area contributed by atoms with E-state index in [1.165, 1.54) is 24.6 Å². The second-order valence-electron chi connectivity index (χ2n) is 11.1.